The summed E-state index contributed by atoms with van der Waals surface area (Å²) in [6.45, 7) is 3.45. The summed E-state index contributed by atoms with van der Waals surface area (Å²) in [5.41, 5.74) is 0.215. The van der Waals surface area contributed by atoms with Crippen molar-refractivity contribution in [2.24, 2.45) is 5.41 Å². The molecular formula is C29H32B4ClN3O4. The van der Waals surface area contributed by atoms with Crippen molar-refractivity contribution < 1.29 is 19.7 Å². The van der Waals surface area contributed by atoms with Gasteiger partial charge in [0, 0.05) is 38.7 Å². The Morgan fingerprint density at radius 1 is 1.07 bits per heavy atom. The molecule has 2 aromatic carbocycles. The third-order valence-corrected chi connectivity index (χ3v) is 9.18. The van der Waals surface area contributed by atoms with Crippen LogP contribution in [0, 0.1) is 16.7 Å². The molecule has 5 rings (SSSR count). The number of carbonyl (C=O) groups excluding carboxylic acids is 1. The van der Waals surface area contributed by atoms with Crippen molar-refractivity contribution in [1.29, 1.82) is 5.26 Å². The van der Waals surface area contributed by atoms with Gasteiger partial charge >= 0.3 is 0 Å². The van der Waals surface area contributed by atoms with Gasteiger partial charge < -0.3 is 14.9 Å². The van der Waals surface area contributed by atoms with Gasteiger partial charge in [-0.15, -0.1) is 0 Å². The summed E-state index contributed by atoms with van der Waals surface area (Å²) in [4.78, 5) is 20.5. The average molecular weight is 565 g/mol. The van der Waals surface area contributed by atoms with Crippen LogP contribution >= 0.6 is 11.6 Å². The summed E-state index contributed by atoms with van der Waals surface area (Å²) in [5.74, 6) is -0.281. The summed E-state index contributed by atoms with van der Waals surface area (Å²) in [7, 11) is 7.56. The van der Waals surface area contributed by atoms with E-state index in [9.17, 15) is 20.3 Å². The molecule has 1 atom stereocenters. The number of ether oxygens (including phenoxy) is 1. The van der Waals surface area contributed by atoms with Crippen LogP contribution in [-0.2, 0) is 22.6 Å². The van der Waals surface area contributed by atoms with E-state index in [-0.39, 0.29) is 12.5 Å². The Morgan fingerprint density at radius 3 is 2.24 bits per heavy atom. The summed E-state index contributed by atoms with van der Waals surface area (Å²) < 4.78 is 7.28. The van der Waals surface area contributed by atoms with E-state index in [1.807, 2.05) is 55.7 Å². The van der Waals surface area contributed by atoms with Gasteiger partial charge in [-0.3, -0.25) is 14.7 Å². The monoisotopic (exact) mass is 565 g/mol. The topological polar surface area (TPSA) is 107 Å². The van der Waals surface area contributed by atoms with E-state index in [0.717, 1.165) is 12.8 Å². The highest BCUT2D eigenvalue weighted by molar-refractivity contribution is 6.45. The molecule has 1 amide bonds. The molecule has 12 heteroatoms. The van der Waals surface area contributed by atoms with E-state index in [0.29, 0.717) is 38.5 Å². The summed E-state index contributed by atoms with van der Waals surface area (Å²) in [6.07, 6.45) is 3.03. The van der Waals surface area contributed by atoms with Gasteiger partial charge in [0.2, 0.25) is 0 Å². The largest absolute Gasteiger partial charge is 0.407 e. The molecular weight excluding hydrogens is 533 g/mol. The molecule has 1 fully saturated rings. The Bertz CT molecular complexity index is 1540. The lowest BCUT2D eigenvalue weighted by Gasteiger charge is -2.51. The van der Waals surface area contributed by atoms with Crippen LogP contribution in [0.25, 0.3) is 0 Å². The van der Waals surface area contributed by atoms with Gasteiger partial charge in [-0.1, -0.05) is 35.9 Å². The van der Waals surface area contributed by atoms with Gasteiger partial charge in [0.15, 0.2) is 5.72 Å². The molecule has 7 nitrogen and oxygen atoms in total. The Labute approximate surface area is 249 Å². The number of benzene rings is 2. The molecule has 41 heavy (non-hydrogen) atoms. The van der Waals surface area contributed by atoms with E-state index >= 15 is 0 Å². The molecule has 1 aliphatic carbocycles. The van der Waals surface area contributed by atoms with Gasteiger partial charge in [0.25, 0.3) is 5.91 Å². The van der Waals surface area contributed by atoms with Crippen LogP contribution in [0.15, 0.2) is 60.8 Å². The Balaban J connectivity index is 1.77. The molecule has 206 valence electrons. The van der Waals surface area contributed by atoms with Crippen LogP contribution in [0.1, 0.15) is 65.0 Å². The molecule has 0 saturated heterocycles. The number of aliphatic hydroxyl groups is 2. The minimum Gasteiger partial charge on any atom is -0.407 e. The minimum atomic E-state index is -1.41. The number of nitrogens with zero attached hydrogens (tertiary/aromatic N) is 3. The molecule has 0 spiro atoms. The smallest absolute Gasteiger partial charge is 0.257 e. The number of fused-ring (bicyclic) bond motifs is 1. The number of aromatic nitrogens is 1. The predicted octanol–water partition coefficient (Wildman–Crippen LogP) is 0.320. The number of pyridine rings is 1. The molecule has 3 aromatic rings. The highest BCUT2D eigenvalue weighted by Crippen LogP contribution is 2.61. The summed E-state index contributed by atoms with van der Waals surface area (Å²) in [5, 5.41) is 30.0. The molecule has 1 saturated carbocycles. The summed E-state index contributed by atoms with van der Waals surface area (Å²) in [6, 6.07) is 18.1. The lowest BCUT2D eigenvalue weighted by Crippen LogP contribution is -2.62. The maximum Gasteiger partial charge on any atom is 0.257 e. The Hall–Kier alpha value is -3.02. The maximum atomic E-state index is 14.4. The van der Waals surface area contributed by atoms with Crippen LogP contribution in [0.5, 0.6) is 0 Å². The molecule has 2 aliphatic rings. The fraction of sp³-hybridized carbons (Fsp3) is 0.345. The van der Waals surface area contributed by atoms with Gasteiger partial charge in [-0.25, -0.2) is 0 Å². The molecule has 2 N–H and O–H groups in total. The van der Waals surface area contributed by atoms with Crippen molar-refractivity contribution in [3.8, 4) is 6.07 Å². The highest BCUT2D eigenvalue weighted by Gasteiger charge is 2.66. The normalized spacial score (nSPS) is 20.0. The number of halogens is 1. The zero-order valence-electron chi connectivity index (χ0n) is 24.3. The van der Waals surface area contributed by atoms with Gasteiger partial charge in [0.05, 0.1) is 23.4 Å². The first-order chi connectivity index (χ1) is 19.1. The van der Waals surface area contributed by atoms with Crippen molar-refractivity contribution in [3.63, 3.8) is 0 Å². The fourth-order valence-corrected chi connectivity index (χ4v) is 6.58. The van der Waals surface area contributed by atoms with Crippen LogP contribution in [-0.4, -0.2) is 68.2 Å². The zero-order valence-corrected chi connectivity index (χ0v) is 25.1. The van der Waals surface area contributed by atoms with Crippen molar-refractivity contribution in [2.75, 3.05) is 0 Å². The van der Waals surface area contributed by atoms with E-state index in [2.05, 4.69) is 11.1 Å². The van der Waals surface area contributed by atoms with Gasteiger partial charge in [0.1, 0.15) is 37.5 Å². The second kappa shape index (κ2) is 9.78. The Kier molecular flexibility index (Phi) is 7.03. The van der Waals surface area contributed by atoms with E-state index < -0.39 is 27.5 Å². The third kappa shape index (κ3) is 4.81. The number of amides is 1. The second-order valence-corrected chi connectivity index (χ2v) is 13.2. The highest BCUT2D eigenvalue weighted by atomic mass is 35.5. The number of hydrogen-bond donors (Lipinski definition) is 2. The lowest BCUT2D eigenvalue weighted by molar-refractivity contribution is -0.168. The first kappa shape index (κ1) is 29.5. The number of carbonyl (C=O) groups is 1. The average Bonchev–Trinajstić information content (AvgIpc) is 3.71. The standard InChI is InChI=1S/C29H32B4ClN3O4/c1-25(2,39)19-6-10-23-22(13-19)24(38)37(16-21-9-3-17(14-35)15-36-21)27(23,18-4-7-20(34)8-5-18)41-29(32,33)26(11-12-26)28(30,31)40/h3-10,13,15,39-40H,11-12,16,30-33H2,1-2H3/t27-/m1/s1. The third-order valence-electron chi connectivity index (χ3n) is 8.93. The molecule has 1 aliphatic heterocycles. The van der Waals surface area contributed by atoms with Crippen LogP contribution in [0.4, 0.5) is 0 Å². The van der Waals surface area contributed by atoms with Gasteiger partial charge in [-0.2, -0.15) is 5.26 Å². The maximum absolute atomic E-state index is 14.4. The van der Waals surface area contributed by atoms with Crippen molar-refractivity contribution in [3.05, 3.63) is 99.3 Å². The van der Waals surface area contributed by atoms with Crippen LogP contribution in [0.2, 0.25) is 5.02 Å². The van der Waals surface area contributed by atoms with E-state index in [1.165, 1.54) is 6.20 Å². The van der Waals surface area contributed by atoms with Crippen LogP contribution in [0.3, 0.4) is 0 Å². The van der Waals surface area contributed by atoms with E-state index in [4.69, 9.17) is 16.3 Å². The SMILES string of the molecule is BC(B)(O)C1(C(B)(B)O[C@]2(c3ccc(Cl)cc3)c3ccc(C(C)(C)O)cc3C(=O)N2Cc2ccc(C#N)cn2)CC1. The number of hydrogen-bond acceptors (Lipinski definition) is 6. The molecule has 0 unspecified atom stereocenters. The molecule has 0 radical (unpaired) electrons. The summed E-state index contributed by atoms with van der Waals surface area (Å²) >= 11 is 6.32. The van der Waals surface area contributed by atoms with E-state index in [1.54, 1.807) is 49.1 Å². The number of rotatable bonds is 8. The number of nitriles is 1. The lowest BCUT2D eigenvalue weighted by atomic mass is 9.43. The fourth-order valence-electron chi connectivity index (χ4n) is 6.46. The molecule has 2 heterocycles. The van der Waals surface area contributed by atoms with Crippen molar-refractivity contribution in [1.82, 2.24) is 9.88 Å². The second-order valence-electron chi connectivity index (χ2n) is 12.8. The van der Waals surface area contributed by atoms with Crippen molar-refractivity contribution >= 4 is 48.9 Å². The first-order valence-corrected chi connectivity index (χ1v) is 14.2. The minimum absolute atomic E-state index is 0.0886. The Morgan fingerprint density at radius 2 is 1.73 bits per heavy atom. The predicted molar refractivity (Wildman–Crippen MR) is 167 cm³/mol. The van der Waals surface area contributed by atoms with Gasteiger partial charge in [-0.05, 0) is 68.0 Å². The van der Waals surface area contributed by atoms with Crippen molar-refractivity contribution in [2.45, 2.75) is 55.4 Å². The molecule has 0 bridgehead atoms. The van der Waals surface area contributed by atoms with Crippen LogP contribution < -0.4 is 0 Å². The first-order valence-electron chi connectivity index (χ1n) is 13.8. The zero-order chi connectivity index (χ0) is 30.0. The quantitative estimate of drug-likeness (QED) is 0.382. The molecule has 1 aromatic heterocycles.